The lowest BCUT2D eigenvalue weighted by molar-refractivity contribution is -0.119. The van der Waals surface area contributed by atoms with Gasteiger partial charge in [0.1, 0.15) is 5.82 Å². The van der Waals surface area contributed by atoms with E-state index < -0.39 is 0 Å². The lowest BCUT2D eigenvalue weighted by Gasteiger charge is -2.40. The van der Waals surface area contributed by atoms with Gasteiger partial charge in [-0.05, 0) is 56.0 Å². The Balaban J connectivity index is 1.63. The van der Waals surface area contributed by atoms with E-state index in [1.54, 1.807) is 12.1 Å². The minimum Gasteiger partial charge on any atom is -0.309 e. The molecule has 1 heterocycles. The molecule has 0 aromatic heterocycles. The van der Waals surface area contributed by atoms with Crippen molar-refractivity contribution in [3.05, 3.63) is 66.0 Å². The van der Waals surface area contributed by atoms with Crippen LogP contribution in [0.4, 0.5) is 10.1 Å². The summed E-state index contributed by atoms with van der Waals surface area (Å²) in [6.07, 6.45) is 3.40. The largest absolute Gasteiger partial charge is 0.309 e. The molecule has 0 bridgehead atoms. The molecule has 1 aliphatic heterocycles. The fourth-order valence-corrected chi connectivity index (χ4v) is 4.00. The van der Waals surface area contributed by atoms with Crippen LogP contribution in [0.2, 0.25) is 0 Å². The van der Waals surface area contributed by atoms with Crippen LogP contribution in [0.3, 0.4) is 0 Å². The number of piperidine rings is 1. The van der Waals surface area contributed by atoms with Crippen LogP contribution in [0.25, 0.3) is 0 Å². The molecule has 1 amide bonds. The maximum atomic E-state index is 13.3. The summed E-state index contributed by atoms with van der Waals surface area (Å²) in [5, 5.41) is 0. The van der Waals surface area contributed by atoms with Crippen molar-refractivity contribution in [3.63, 3.8) is 0 Å². The number of hydrogen-bond acceptors (Lipinski definition) is 2. The average Bonchev–Trinajstić information content (AvgIpc) is 2.70. The normalized spacial score (nSPS) is 16.9. The number of likely N-dealkylation sites (tertiary alicyclic amines) is 1. The van der Waals surface area contributed by atoms with Crippen LogP contribution < -0.4 is 4.90 Å². The Morgan fingerprint density at radius 2 is 1.74 bits per heavy atom. The zero-order valence-corrected chi connectivity index (χ0v) is 16.3. The summed E-state index contributed by atoms with van der Waals surface area (Å²) in [6.45, 7) is 6.12. The summed E-state index contributed by atoms with van der Waals surface area (Å²) in [7, 11) is 0. The number of anilines is 1. The van der Waals surface area contributed by atoms with Crippen molar-refractivity contribution in [2.45, 2.75) is 51.6 Å². The van der Waals surface area contributed by atoms with E-state index in [0.29, 0.717) is 12.5 Å². The molecule has 27 heavy (non-hydrogen) atoms. The molecule has 2 aromatic rings. The second-order valence-corrected chi connectivity index (χ2v) is 7.40. The molecular weight excluding hydrogens is 339 g/mol. The van der Waals surface area contributed by atoms with E-state index >= 15 is 0 Å². The first-order valence-electron chi connectivity index (χ1n) is 9.94. The highest BCUT2D eigenvalue weighted by molar-refractivity contribution is 5.93. The lowest BCUT2D eigenvalue weighted by atomic mass is 9.98. The second-order valence-electron chi connectivity index (χ2n) is 7.40. The van der Waals surface area contributed by atoms with Crippen LogP contribution >= 0.6 is 0 Å². The van der Waals surface area contributed by atoms with Gasteiger partial charge in [-0.3, -0.25) is 4.79 Å². The third-order valence-electron chi connectivity index (χ3n) is 5.54. The number of hydrogen-bond donors (Lipinski definition) is 0. The smallest absolute Gasteiger partial charge is 0.226 e. The van der Waals surface area contributed by atoms with Gasteiger partial charge < -0.3 is 9.80 Å². The minimum absolute atomic E-state index is 0.109. The van der Waals surface area contributed by atoms with Gasteiger partial charge in [-0.25, -0.2) is 4.39 Å². The van der Waals surface area contributed by atoms with Crippen molar-refractivity contribution in [3.8, 4) is 0 Å². The van der Waals surface area contributed by atoms with Crippen LogP contribution in [-0.4, -0.2) is 36.0 Å². The Hall–Kier alpha value is -2.20. The summed E-state index contributed by atoms with van der Waals surface area (Å²) in [4.78, 5) is 17.0. The lowest BCUT2D eigenvalue weighted by Crippen LogP contribution is -2.49. The molecule has 1 fully saturated rings. The number of benzene rings is 2. The summed E-state index contributed by atoms with van der Waals surface area (Å²) >= 11 is 0. The number of carbonyl (C=O) groups excluding carboxylic acids is 1. The fourth-order valence-electron chi connectivity index (χ4n) is 4.00. The molecule has 3 nitrogen and oxygen atoms in total. The summed E-state index contributed by atoms with van der Waals surface area (Å²) in [5.41, 5.74) is 2.17. The zero-order chi connectivity index (χ0) is 19.2. The van der Waals surface area contributed by atoms with Crippen molar-refractivity contribution in [2.24, 2.45) is 0 Å². The summed E-state index contributed by atoms with van der Waals surface area (Å²) in [6, 6.07) is 17.5. The SMILES string of the molecule is CCC(=O)N(c1ccc(F)cc1)C1CCN(C(C)Cc2ccccc2)CC1. The van der Waals surface area contributed by atoms with Gasteiger partial charge in [-0.2, -0.15) is 0 Å². The monoisotopic (exact) mass is 368 g/mol. The van der Waals surface area contributed by atoms with Crippen molar-refractivity contribution in [1.29, 1.82) is 0 Å². The molecule has 0 spiro atoms. The molecule has 1 atom stereocenters. The molecule has 0 N–H and O–H groups in total. The molecule has 1 aliphatic rings. The van der Waals surface area contributed by atoms with Crippen molar-refractivity contribution in [1.82, 2.24) is 4.90 Å². The first-order valence-corrected chi connectivity index (χ1v) is 9.94. The number of halogens is 1. The number of nitrogens with zero attached hydrogens (tertiary/aromatic N) is 2. The molecule has 1 saturated heterocycles. The highest BCUT2D eigenvalue weighted by Crippen LogP contribution is 2.26. The van der Waals surface area contributed by atoms with Gasteiger partial charge in [0, 0.05) is 37.3 Å². The summed E-state index contributed by atoms with van der Waals surface area (Å²) < 4.78 is 13.3. The van der Waals surface area contributed by atoms with Crippen molar-refractivity contribution in [2.75, 3.05) is 18.0 Å². The number of rotatable bonds is 6. The molecule has 2 aromatic carbocycles. The van der Waals surface area contributed by atoms with Gasteiger partial charge >= 0.3 is 0 Å². The van der Waals surface area contributed by atoms with Gasteiger partial charge in [0.2, 0.25) is 5.91 Å². The van der Waals surface area contributed by atoms with Crippen LogP contribution in [-0.2, 0) is 11.2 Å². The molecule has 1 unspecified atom stereocenters. The van der Waals surface area contributed by atoms with Crippen LogP contribution in [0.1, 0.15) is 38.7 Å². The number of carbonyl (C=O) groups is 1. The van der Waals surface area contributed by atoms with Crippen molar-refractivity contribution < 1.29 is 9.18 Å². The van der Waals surface area contributed by atoms with E-state index in [1.807, 2.05) is 11.8 Å². The maximum Gasteiger partial charge on any atom is 0.226 e. The molecule has 0 radical (unpaired) electrons. The topological polar surface area (TPSA) is 23.6 Å². The van der Waals surface area contributed by atoms with E-state index in [9.17, 15) is 9.18 Å². The third-order valence-corrected chi connectivity index (χ3v) is 5.54. The quantitative estimate of drug-likeness (QED) is 0.740. The first kappa shape index (κ1) is 19.6. The second kappa shape index (κ2) is 9.14. The molecule has 4 heteroatoms. The van der Waals surface area contributed by atoms with Gasteiger partial charge in [-0.1, -0.05) is 37.3 Å². The van der Waals surface area contributed by atoms with Crippen LogP contribution in [0.15, 0.2) is 54.6 Å². The third kappa shape index (κ3) is 4.95. The van der Waals surface area contributed by atoms with E-state index in [4.69, 9.17) is 0 Å². The van der Waals surface area contributed by atoms with Crippen LogP contribution in [0, 0.1) is 5.82 Å². The molecule has 144 valence electrons. The Labute approximate surface area is 161 Å². The Kier molecular flexibility index (Phi) is 6.62. The molecule has 0 aliphatic carbocycles. The van der Waals surface area contributed by atoms with E-state index in [-0.39, 0.29) is 17.8 Å². The fraction of sp³-hybridized carbons (Fsp3) is 0.435. The standard InChI is InChI=1S/C23H29FN2O/c1-3-23(27)26(21-11-9-20(24)10-12-21)22-13-15-25(16-14-22)18(2)17-19-7-5-4-6-8-19/h4-12,18,22H,3,13-17H2,1-2H3. The zero-order valence-electron chi connectivity index (χ0n) is 16.3. The van der Waals surface area contributed by atoms with Crippen molar-refractivity contribution >= 4 is 11.6 Å². The Morgan fingerprint density at radius 1 is 1.11 bits per heavy atom. The molecule has 3 rings (SSSR count). The van der Waals surface area contributed by atoms with Gasteiger partial charge in [-0.15, -0.1) is 0 Å². The Bertz CT molecular complexity index is 724. The maximum absolute atomic E-state index is 13.3. The van der Waals surface area contributed by atoms with E-state index in [2.05, 4.69) is 42.2 Å². The first-order chi connectivity index (χ1) is 13.1. The van der Waals surface area contributed by atoms with Gasteiger partial charge in [0.05, 0.1) is 0 Å². The molecule has 0 saturated carbocycles. The van der Waals surface area contributed by atoms with Crippen LogP contribution in [0.5, 0.6) is 0 Å². The predicted octanol–water partition coefficient (Wildman–Crippen LogP) is 4.66. The Morgan fingerprint density at radius 3 is 2.33 bits per heavy atom. The predicted molar refractivity (Wildman–Crippen MR) is 108 cm³/mol. The van der Waals surface area contributed by atoms with Gasteiger partial charge in [0.25, 0.3) is 0 Å². The number of amides is 1. The van der Waals surface area contributed by atoms with Gasteiger partial charge in [0.15, 0.2) is 0 Å². The average molecular weight is 368 g/mol. The highest BCUT2D eigenvalue weighted by Gasteiger charge is 2.29. The molecular formula is C23H29FN2O. The highest BCUT2D eigenvalue weighted by atomic mass is 19.1. The summed E-state index contributed by atoms with van der Waals surface area (Å²) in [5.74, 6) is -0.162. The van der Waals surface area contributed by atoms with E-state index in [0.717, 1.165) is 38.0 Å². The minimum atomic E-state index is -0.271. The van der Waals surface area contributed by atoms with E-state index in [1.165, 1.54) is 17.7 Å².